The van der Waals surface area contributed by atoms with Gasteiger partial charge in [0.15, 0.2) is 0 Å². The smallest absolute Gasteiger partial charge is 0.329 e. The Morgan fingerprint density at radius 3 is 2.75 bits per heavy atom. The van der Waals surface area contributed by atoms with Crippen LogP contribution in [0.3, 0.4) is 0 Å². The van der Waals surface area contributed by atoms with E-state index in [0.717, 1.165) is 4.90 Å². The van der Waals surface area contributed by atoms with E-state index in [1.807, 2.05) is 0 Å². The van der Waals surface area contributed by atoms with Crippen LogP contribution in [0.5, 0.6) is 0 Å². The van der Waals surface area contributed by atoms with Crippen LogP contribution in [-0.2, 0) is 14.3 Å². The van der Waals surface area contributed by atoms with Gasteiger partial charge in [-0.1, -0.05) is 23.7 Å². The molecule has 106 valence electrons. The summed E-state index contributed by atoms with van der Waals surface area (Å²) in [4.78, 5) is 37.1. The van der Waals surface area contributed by atoms with Crippen molar-refractivity contribution in [2.24, 2.45) is 0 Å². The number of ether oxygens (including phenoxy) is 1. The number of benzene rings is 1. The lowest BCUT2D eigenvalue weighted by Crippen LogP contribution is -2.43. The number of hydrogen-bond acceptors (Lipinski definition) is 4. The first-order valence-corrected chi connectivity index (χ1v) is 6.71. The maximum absolute atomic E-state index is 12.4. The molecular weight excluding hydrogens is 282 g/mol. The third kappa shape index (κ3) is 2.67. The topological polar surface area (TPSA) is 63.7 Å². The zero-order valence-electron chi connectivity index (χ0n) is 11.0. The summed E-state index contributed by atoms with van der Waals surface area (Å²) in [6.07, 6.45) is 0.438. The fourth-order valence-corrected chi connectivity index (χ4v) is 2.38. The summed E-state index contributed by atoms with van der Waals surface area (Å²) in [6.45, 7) is 1.88. The second kappa shape index (κ2) is 6.05. The van der Waals surface area contributed by atoms with Crippen molar-refractivity contribution >= 4 is 29.4 Å². The minimum Gasteiger partial charge on any atom is -0.464 e. The predicted octanol–water partition coefficient (Wildman–Crippen LogP) is 2.03. The predicted molar refractivity (Wildman–Crippen MR) is 72.3 cm³/mol. The molecular formula is C14H14ClNO4. The molecule has 0 aromatic heterocycles. The first-order chi connectivity index (χ1) is 9.56. The molecule has 1 atom stereocenters. The number of imide groups is 1. The van der Waals surface area contributed by atoms with Crippen LogP contribution in [0.25, 0.3) is 0 Å². The van der Waals surface area contributed by atoms with Gasteiger partial charge in [-0.3, -0.25) is 14.5 Å². The Morgan fingerprint density at radius 2 is 2.10 bits per heavy atom. The Morgan fingerprint density at radius 1 is 1.40 bits per heavy atom. The molecule has 1 heterocycles. The highest BCUT2D eigenvalue weighted by Gasteiger charge is 2.41. The highest BCUT2D eigenvalue weighted by molar-refractivity contribution is 6.34. The van der Waals surface area contributed by atoms with Crippen LogP contribution < -0.4 is 0 Å². The molecule has 6 heteroatoms. The summed E-state index contributed by atoms with van der Waals surface area (Å²) in [5, 5.41) is 0.250. The van der Waals surface area contributed by atoms with Gasteiger partial charge >= 0.3 is 5.97 Å². The largest absolute Gasteiger partial charge is 0.464 e. The third-order valence-electron chi connectivity index (χ3n) is 3.09. The molecule has 1 aromatic rings. The number of rotatable bonds is 3. The van der Waals surface area contributed by atoms with Crippen LogP contribution in [-0.4, -0.2) is 35.3 Å². The lowest BCUT2D eigenvalue weighted by molar-refractivity contribution is -0.149. The van der Waals surface area contributed by atoms with Gasteiger partial charge in [-0.2, -0.15) is 0 Å². The molecule has 1 aliphatic heterocycles. The summed E-state index contributed by atoms with van der Waals surface area (Å²) < 4.78 is 4.90. The number of likely N-dealkylation sites (tertiary alicyclic amines) is 1. The van der Waals surface area contributed by atoms with Crippen molar-refractivity contribution < 1.29 is 19.1 Å². The molecule has 0 radical (unpaired) electrons. The summed E-state index contributed by atoms with van der Waals surface area (Å²) in [6, 6.07) is 5.58. The van der Waals surface area contributed by atoms with E-state index in [0.29, 0.717) is 0 Å². The van der Waals surface area contributed by atoms with Crippen molar-refractivity contribution in [3.63, 3.8) is 0 Å². The number of amides is 2. The average Bonchev–Trinajstić information content (AvgIpc) is 2.81. The van der Waals surface area contributed by atoms with Gasteiger partial charge in [-0.15, -0.1) is 0 Å². The zero-order valence-corrected chi connectivity index (χ0v) is 11.7. The van der Waals surface area contributed by atoms with Crippen molar-refractivity contribution in [2.45, 2.75) is 25.8 Å². The first kappa shape index (κ1) is 14.5. The van der Waals surface area contributed by atoms with Crippen LogP contribution in [0.4, 0.5) is 0 Å². The molecule has 2 rings (SSSR count). The van der Waals surface area contributed by atoms with Crippen molar-refractivity contribution in [3.05, 3.63) is 34.9 Å². The van der Waals surface area contributed by atoms with Crippen LogP contribution in [0.1, 0.15) is 30.1 Å². The number of carbonyl (C=O) groups excluding carboxylic acids is 3. The van der Waals surface area contributed by atoms with Crippen LogP contribution in [0.15, 0.2) is 24.3 Å². The molecule has 1 fully saturated rings. The molecule has 0 bridgehead atoms. The van der Waals surface area contributed by atoms with Crippen LogP contribution in [0.2, 0.25) is 5.02 Å². The molecule has 0 saturated carbocycles. The Bertz CT molecular complexity index is 558. The normalized spacial score (nSPS) is 18.2. The van der Waals surface area contributed by atoms with Gasteiger partial charge in [0.25, 0.3) is 5.91 Å². The van der Waals surface area contributed by atoms with Crippen molar-refractivity contribution in [2.75, 3.05) is 6.61 Å². The first-order valence-electron chi connectivity index (χ1n) is 6.33. The fraction of sp³-hybridized carbons (Fsp3) is 0.357. The standard InChI is InChI=1S/C14H14ClNO4/c1-2-20-14(19)11-7-8-12(17)16(11)13(18)9-5-3-4-6-10(9)15/h3-6,11H,2,7-8H2,1H3/t11-/m0/s1. The molecule has 20 heavy (non-hydrogen) atoms. The van der Waals surface area contributed by atoms with Crippen molar-refractivity contribution in [1.29, 1.82) is 0 Å². The van der Waals surface area contributed by atoms with Gasteiger partial charge < -0.3 is 4.74 Å². The maximum Gasteiger partial charge on any atom is 0.329 e. The van der Waals surface area contributed by atoms with Gasteiger partial charge in [0.05, 0.1) is 17.2 Å². The molecule has 0 aliphatic carbocycles. The van der Waals surface area contributed by atoms with Gasteiger partial charge in [0, 0.05) is 6.42 Å². The van der Waals surface area contributed by atoms with E-state index in [9.17, 15) is 14.4 Å². The number of carbonyl (C=O) groups is 3. The quantitative estimate of drug-likeness (QED) is 0.632. The monoisotopic (exact) mass is 295 g/mol. The molecule has 1 aromatic carbocycles. The van der Waals surface area contributed by atoms with E-state index >= 15 is 0 Å². The van der Waals surface area contributed by atoms with E-state index in [1.54, 1.807) is 25.1 Å². The van der Waals surface area contributed by atoms with E-state index in [-0.39, 0.29) is 35.9 Å². The number of esters is 1. The van der Waals surface area contributed by atoms with E-state index < -0.39 is 17.9 Å². The van der Waals surface area contributed by atoms with E-state index in [4.69, 9.17) is 16.3 Å². The second-order valence-electron chi connectivity index (χ2n) is 4.36. The molecule has 0 unspecified atom stereocenters. The van der Waals surface area contributed by atoms with E-state index in [2.05, 4.69) is 0 Å². The highest BCUT2D eigenvalue weighted by Crippen LogP contribution is 2.25. The lowest BCUT2D eigenvalue weighted by atomic mass is 10.1. The number of hydrogen-bond donors (Lipinski definition) is 0. The van der Waals surface area contributed by atoms with E-state index in [1.165, 1.54) is 6.07 Å². The molecule has 5 nitrogen and oxygen atoms in total. The summed E-state index contributed by atoms with van der Waals surface area (Å²) in [5.74, 6) is -1.50. The molecule has 1 aliphatic rings. The van der Waals surface area contributed by atoms with Gasteiger partial charge in [-0.05, 0) is 25.5 Å². The van der Waals surface area contributed by atoms with Crippen molar-refractivity contribution in [1.82, 2.24) is 4.90 Å². The Balaban J connectivity index is 2.29. The molecule has 1 saturated heterocycles. The fourth-order valence-electron chi connectivity index (χ4n) is 2.16. The van der Waals surface area contributed by atoms with Crippen LogP contribution in [0, 0.1) is 0 Å². The lowest BCUT2D eigenvalue weighted by Gasteiger charge is -2.21. The van der Waals surface area contributed by atoms with Crippen molar-refractivity contribution in [3.8, 4) is 0 Å². The maximum atomic E-state index is 12.4. The summed E-state index contributed by atoms with van der Waals surface area (Å²) in [5.41, 5.74) is 0.207. The SMILES string of the molecule is CCOC(=O)[C@@H]1CCC(=O)N1C(=O)c1ccccc1Cl. The highest BCUT2D eigenvalue weighted by atomic mass is 35.5. The molecule has 0 spiro atoms. The van der Waals surface area contributed by atoms with Gasteiger partial charge in [0.1, 0.15) is 6.04 Å². The Hall–Kier alpha value is -1.88. The molecule has 0 N–H and O–H groups in total. The number of halogens is 1. The molecule has 2 amide bonds. The number of nitrogens with zero attached hydrogens (tertiary/aromatic N) is 1. The second-order valence-corrected chi connectivity index (χ2v) is 4.76. The summed E-state index contributed by atoms with van der Waals surface area (Å²) >= 11 is 5.96. The Labute approximate surface area is 121 Å². The van der Waals surface area contributed by atoms with Gasteiger partial charge in [-0.25, -0.2) is 4.79 Å². The minimum atomic E-state index is -0.855. The zero-order chi connectivity index (χ0) is 14.7. The minimum absolute atomic E-state index is 0.152. The Kier molecular flexibility index (Phi) is 4.39. The van der Waals surface area contributed by atoms with Crippen LogP contribution >= 0.6 is 11.6 Å². The van der Waals surface area contributed by atoms with Gasteiger partial charge in [0.2, 0.25) is 5.91 Å². The summed E-state index contributed by atoms with van der Waals surface area (Å²) in [7, 11) is 0. The third-order valence-corrected chi connectivity index (χ3v) is 3.42. The average molecular weight is 296 g/mol.